The summed E-state index contributed by atoms with van der Waals surface area (Å²) < 4.78 is 5.00. The van der Waals surface area contributed by atoms with E-state index in [-0.39, 0.29) is 23.6 Å². The van der Waals surface area contributed by atoms with Gasteiger partial charge in [0.05, 0.1) is 6.07 Å². The smallest absolute Gasteiger partial charge is 0.395 e. The van der Waals surface area contributed by atoms with Crippen molar-refractivity contribution in [2.75, 3.05) is 19.6 Å². The van der Waals surface area contributed by atoms with Crippen molar-refractivity contribution in [3.05, 3.63) is 28.0 Å². The molecule has 2 aliphatic heterocycles. The van der Waals surface area contributed by atoms with Crippen molar-refractivity contribution >= 4 is 17.7 Å². The Kier molecular flexibility index (Phi) is 4.76. The first-order valence-electron chi connectivity index (χ1n) is 8.48. The minimum atomic E-state index is -0.692. The number of nitrogens with two attached hydrogens (primary N) is 1. The lowest BCUT2D eigenvalue weighted by Crippen LogP contribution is -2.49. The lowest BCUT2D eigenvalue weighted by molar-refractivity contribution is -0.402. The summed E-state index contributed by atoms with van der Waals surface area (Å²) in [5.74, 6) is -0.858. The van der Waals surface area contributed by atoms with Crippen LogP contribution in [0.2, 0.25) is 0 Å². The van der Waals surface area contributed by atoms with Gasteiger partial charge in [-0.05, 0) is 44.7 Å². The molecule has 0 radical (unpaired) electrons. The number of nitrogens with zero attached hydrogens (tertiary/aromatic N) is 3. The molecule has 0 aromatic carbocycles. The van der Waals surface area contributed by atoms with Crippen molar-refractivity contribution in [2.45, 2.75) is 38.3 Å². The van der Waals surface area contributed by atoms with Gasteiger partial charge in [-0.3, -0.25) is 19.7 Å². The second-order valence-corrected chi connectivity index (χ2v) is 6.73. The van der Waals surface area contributed by atoms with Crippen LogP contribution in [0.15, 0.2) is 16.5 Å². The molecule has 0 spiro atoms. The summed E-state index contributed by atoms with van der Waals surface area (Å²) in [5, 5.41) is 10.7. The molecule has 2 aliphatic rings. The number of carbonyl (C=O) groups is 2. The van der Waals surface area contributed by atoms with Gasteiger partial charge in [-0.2, -0.15) is 0 Å². The first-order valence-corrected chi connectivity index (χ1v) is 8.48. The first-order chi connectivity index (χ1) is 11.9. The van der Waals surface area contributed by atoms with Crippen LogP contribution < -0.4 is 5.73 Å². The number of likely N-dealkylation sites (tertiary alicyclic amines) is 2. The van der Waals surface area contributed by atoms with Gasteiger partial charge in [0.2, 0.25) is 5.91 Å². The van der Waals surface area contributed by atoms with Crippen LogP contribution in [0.25, 0.3) is 0 Å². The topological polar surface area (TPSA) is 123 Å². The van der Waals surface area contributed by atoms with E-state index < -0.39 is 22.8 Å². The molecule has 0 saturated carbocycles. The second-order valence-electron chi connectivity index (χ2n) is 6.73. The molecule has 9 nitrogen and oxygen atoms in total. The zero-order chi connectivity index (χ0) is 18.1. The Bertz CT molecular complexity index is 688. The molecule has 3 unspecified atom stereocenters. The number of furan rings is 1. The molecule has 3 heterocycles. The van der Waals surface area contributed by atoms with Crippen LogP contribution in [0.4, 0.5) is 5.88 Å². The highest BCUT2D eigenvalue weighted by Gasteiger charge is 2.41. The Hall–Kier alpha value is -2.42. The van der Waals surface area contributed by atoms with Gasteiger partial charge in [0.15, 0.2) is 5.76 Å². The van der Waals surface area contributed by atoms with E-state index in [1.807, 2.05) is 6.92 Å². The Labute approximate surface area is 144 Å². The van der Waals surface area contributed by atoms with Gasteiger partial charge in [0.1, 0.15) is 11.0 Å². The van der Waals surface area contributed by atoms with Gasteiger partial charge in [-0.25, -0.2) is 0 Å². The van der Waals surface area contributed by atoms with Crippen molar-refractivity contribution in [1.29, 1.82) is 0 Å². The summed E-state index contributed by atoms with van der Waals surface area (Å²) in [6.07, 6.45) is 2.17. The molecule has 2 saturated heterocycles. The lowest BCUT2D eigenvalue weighted by Gasteiger charge is -2.29. The van der Waals surface area contributed by atoms with E-state index in [1.165, 1.54) is 11.0 Å². The second kappa shape index (κ2) is 6.83. The summed E-state index contributed by atoms with van der Waals surface area (Å²) in [5.41, 5.74) is 5.72. The number of hydrogen-bond donors (Lipinski definition) is 1. The standard InChI is InChI=1S/C16H22N4O5/c1-10-7-11(8-17)9-19(10)15(21)12-3-2-6-18(12)16(22)13-4-5-14(25-13)20(23)24/h4-5,10-12H,2-3,6-9,17H2,1H3. The highest BCUT2D eigenvalue weighted by atomic mass is 16.6. The van der Waals surface area contributed by atoms with Crippen LogP contribution in [-0.4, -0.2) is 58.3 Å². The number of rotatable bonds is 4. The van der Waals surface area contributed by atoms with Crippen LogP contribution in [0, 0.1) is 16.0 Å². The van der Waals surface area contributed by atoms with E-state index in [2.05, 4.69) is 0 Å². The molecule has 2 fully saturated rings. The van der Waals surface area contributed by atoms with Crippen LogP contribution in [0.5, 0.6) is 0 Å². The Morgan fingerprint density at radius 1 is 1.40 bits per heavy atom. The number of carbonyl (C=O) groups excluding carboxylic acids is 2. The molecule has 3 atom stereocenters. The summed E-state index contributed by atoms with van der Waals surface area (Å²) in [6, 6.07) is 1.98. The minimum absolute atomic E-state index is 0.0737. The van der Waals surface area contributed by atoms with Gasteiger partial charge < -0.3 is 20.0 Å². The molecule has 25 heavy (non-hydrogen) atoms. The Balaban J connectivity index is 1.74. The highest BCUT2D eigenvalue weighted by Crippen LogP contribution is 2.28. The van der Waals surface area contributed by atoms with Crippen LogP contribution >= 0.6 is 0 Å². The number of hydrogen-bond acceptors (Lipinski definition) is 6. The average molecular weight is 350 g/mol. The quantitative estimate of drug-likeness (QED) is 0.638. The molecular formula is C16H22N4O5. The predicted octanol–water partition coefficient (Wildman–Crippen LogP) is 0.988. The molecule has 2 amide bonds. The maximum Gasteiger partial charge on any atom is 0.433 e. The fourth-order valence-corrected chi connectivity index (χ4v) is 3.76. The molecule has 0 aliphatic carbocycles. The van der Waals surface area contributed by atoms with E-state index in [0.717, 1.165) is 12.5 Å². The molecule has 1 aromatic rings. The zero-order valence-corrected chi connectivity index (χ0v) is 14.1. The minimum Gasteiger partial charge on any atom is -0.395 e. The van der Waals surface area contributed by atoms with Gasteiger partial charge >= 0.3 is 5.88 Å². The molecule has 136 valence electrons. The Morgan fingerprint density at radius 3 is 2.76 bits per heavy atom. The van der Waals surface area contributed by atoms with E-state index >= 15 is 0 Å². The Morgan fingerprint density at radius 2 is 2.16 bits per heavy atom. The highest BCUT2D eigenvalue weighted by molar-refractivity contribution is 5.96. The van der Waals surface area contributed by atoms with Crippen molar-refractivity contribution < 1.29 is 18.9 Å². The third-order valence-corrected chi connectivity index (χ3v) is 5.06. The van der Waals surface area contributed by atoms with Crippen LogP contribution in [-0.2, 0) is 4.79 Å². The molecule has 3 rings (SSSR count). The first kappa shape index (κ1) is 17.4. The molecule has 2 N–H and O–H groups in total. The van der Waals surface area contributed by atoms with Crippen molar-refractivity contribution in [3.8, 4) is 0 Å². The van der Waals surface area contributed by atoms with Crippen LogP contribution in [0.3, 0.4) is 0 Å². The largest absolute Gasteiger partial charge is 0.433 e. The van der Waals surface area contributed by atoms with Crippen molar-refractivity contribution in [3.63, 3.8) is 0 Å². The fourth-order valence-electron chi connectivity index (χ4n) is 3.76. The van der Waals surface area contributed by atoms with Gasteiger partial charge in [-0.1, -0.05) is 0 Å². The van der Waals surface area contributed by atoms with E-state index in [4.69, 9.17) is 10.2 Å². The maximum atomic E-state index is 12.9. The maximum absolute atomic E-state index is 12.9. The molecule has 9 heteroatoms. The van der Waals surface area contributed by atoms with E-state index in [9.17, 15) is 19.7 Å². The summed E-state index contributed by atoms with van der Waals surface area (Å²) >= 11 is 0. The normalized spacial score (nSPS) is 26.2. The van der Waals surface area contributed by atoms with E-state index in [0.29, 0.717) is 32.5 Å². The third-order valence-electron chi connectivity index (χ3n) is 5.06. The molecular weight excluding hydrogens is 328 g/mol. The van der Waals surface area contributed by atoms with Gasteiger partial charge in [0.25, 0.3) is 5.91 Å². The SMILES string of the molecule is CC1CC(CN)CN1C(=O)C1CCCN1C(=O)c1ccc([N+](=O)[O-])o1. The summed E-state index contributed by atoms with van der Waals surface area (Å²) in [6.45, 7) is 3.58. The van der Waals surface area contributed by atoms with Crippen molar-refractivity contribution in [1.82, 2.24) is 9.80 Å². The lowest BCUT2D eigenvalue weighted by atomic mass is 10.1. The average Bonchev–Trinajstić information content (AvgIpc) is 3.32. The van der Waals surface area contributed by atoms with Crippen molar-refractivity contribution in [2.24, 2.45) is 11.7 Å². The fraction of sp³-hybridized carbons (Fsp3) is 0.625. The predicted molar refractivity (Wildman–Crippen MR) is 87.8 cm³/mol. The number of amides is 2. The summed E-state index contributed by atoms with van der Waals surface area (Å²) in [7, 11) is 0. The van der Waals surface area contributed by atoms with E-state index in [1.54, 1.807) is 4.90 Å². The molecule has 0 bridgehead atoms. The zero-order valence-electron chi connectivity index (χ0n) is 14.1. The summed E-state index contributed by atoms with van der Waals surface area (Å²) in [4.78, 5) is 38.9. The molecule has 1 aromatic heterocycles. The van der Waals surface area contributed by atoms with Crippen LogP contribution in [0.1, 0.15) is 36.7 Å². The van der Waals surface area contributed by atoms with Gasteiger partial charge in [-0.15, -0.1) is 0 Å². The monoisotopic (exact) mass is 350 g/mol. The number of nitro groups is 1. The third kappa shape index (κ3) is 3.23. The van der Waals surface area contributed by atoms with Gasteiger partial charge in [0, 0.05) is 19.1 Å².